The maximum atomic E-state index is 13.1. The number of nitrogens with zero attached hydrogens (tertiary/aromatic N) is 3. The van der Waals surface area contributed by atoms with Gasteiger partial charge in [0.2, 0.25) is 0 Å². The second-order valence-corrected chi connectivity index (χ2v) is 10.6. The van der Waals surface area contributed by atoms with Gasteiger partial charge in [-0.3, -0.25) is 14.4 Å². The van der Waals surface area contributed by atoms with Gasteiger partial charge in [0, 0.05) is 29.7 Å². The van der Waals surface area contributed by atoms with Gasteiger partial charge in [-0.25, -0.2) is 4.99 Å². The van der Waals surface area contributed by atoms with Gasteiger partial charge in [-0.1, -0.05) is 30.3 Å². The molecular weight excluding hydrogens is 506 g/mol. The van der Waals surface area contributed by atoms with Crippen LogP contribution in [0, 0.1) is 0 Å². The molecule has 2 aromatic carbocycles. The molecule has 0 spiro atoms. The highest BCUT2D eigenvalue weighted by molar-refractivity contribution is 6.30. The summed E-state index contributed by atoms with van der Waals surface area (Å²) >= 11 is 0. The zero-order valence-electron chi connectivity index (χ0n) is 23.6. The van der Waals surface area contributed by atoms with Crippen molar-refractivity contribution in [1.29, 1.82) is 0 Å². The van der Waals surface area contributed by atoms with E-state index >= 15 is 0 Å². The average molecular weight is 544 g/mol. The summed E-state index contributed by atoms with van der Waals surface area (Å²) in [6.45, 7) is 2.34. The van der Waals surface area contributed by atoms with Gasteiger partial charge in [0.05, 0.1) is 22.5 Å². The van der Waals surface area contributed by atoms with Gasteiger partial charge in [0.1, 0.15) is 0 Å². The Labute approximate surface area is 234 Å². The van der Waals surface area contributed by atoms with E-state index in [0.29, 0.717) is 52.2 Å². The number of aromatic hydroxyl groups is 1. The van der Waals surface area contributed by atoms with Crippen LogP contribution >= 0.6 is 0 Å². The monoisotopic (exact) mass is 543 g/mol. The number of amides is 2. The average Bonchev–Trinajstić information content (AvgIpc) is 3.46. The number of carbonyl (C=O) groups is 3. The van der Waals surface area contributed by atoms with E-state index in [1.165, 1.54) is 0 Å². The molecule has 0 radical (unpaired) electrons. The molecule has 0 atom stereocenters. The zero-order valence-corrected chi connectivity index (χ0v) is 23.6. The lowest BCUT2D eigenvalue weighted by molar-refractivity contribution is 0.0949. The number of hydrogen-bond donors (Lipinski definition) is 3. The van der Waals surface area contributed by atoms with Crippen molar-refractivity contribution in [1.82, 2.24) is 20.1 Å². The molecule has 3 N–H and O–H groups in total. The third-order valence-electron chi connectivity index (χ3n) is 6.84. The summed E-state index contributed by atoms with van der Waals surface area (Å²) in [7, 11) is 7.98. The molecule has 1 aliphatic heterocycles. The van der Waals surface area contributed by atoms with Crippen LogP contribution in [0.1, 0.15) is 67.9 Å². The summed E-state index contributed by atoms with van der Waals surface area (Å²) in [5.41, 5.74) is 3.43. The fourth-order valence-electron chi connectivity index (χ4n) is 4.78. The molecule has 0 bridgehead atoms. The Morgan fingerprint density at radius 1 is 0.875 bits per heavy atom. The molecule has 0 saturated heterocycles. The minimum absolute atomic E-state index is 0.0292. The standard InChI is InChI=1S/C31H37N5O4/c1-35(2)16-6-5-14-24(37)20-10-7-11-21(18-20)27-25-26(31(40)33-27)28(34-30(25)39)22-12-8-13-23(19-22)29(38)32-15-9-17-36(3)4/h7-8,10-13,18-19,34,39H,5-6,9,14-17H2,1-4H3,(H,32,38). The van der Waals surface area contributed by atoms with Gasteiger partial charge in [-0.05, 0) is 84.3 Å². The van der Waals surface area contributed by atoms with Gasteiger partial charge in [0.15, 0.2) is 11.7 Å². The van der Waals surface area contributed by atoms with E-state index in [0.717, 1.165) is 32.4 Å². The number of aromatic nitrogens is 1. The Bertz CT molecular complexity index is 1440. The number of unbranched alkanes of at least 4 members (excludes halogenated alkanes) is 1. The van der Waals surface area contributed by atoms with Crippen molar-refractivity contribution >= 4 is 23.3 Å². The highest BCUT2D eigenvalue weighted by Gasteiger charge is 2.33. The van der Waals surface area contributed by atoms with Gasteiger partial charge < -0.3 is 25.2 Å². The number of benzene rings is 2. The van der Waals surface area contributed by atoms with Crippen molar-refractivity contribution in [2.75, 3.05) is 47.8 Å². The highest BCUT2D eigenvalue weighted by atomic mass is 16.3. The van der Waals surface area contributed by atoms with Gasteiger partial charge in [0.25, 0.3) is 11.8 Å². The minimum Gasteiger partial charge on any atom is -0.494 e. The number of Topliss-reactive ketones (excluding diaryl/α,β-unsaturated/α-hetero) is 1. The molecule has 1 aromatic heterocycles. The Hall–Kier alpha value is -4.08. The molecule has 0 fully saturated rings. The molecule has 9 nitrogen and oxygen atoms in total. The van der Waals surface area contributed by atoms with Crippen LogP contribution in [0.2, 0.25) is 0 Å². The molecule has 4 rings (SSSR count). The quantitative estimate of drug-likeness (QED) is 0.222. The number of carbonyl (C=O) groups excluding carboxylic acids is 3. The molecule has 0 saturated carbocycles. The summed E-state index contributed by atoms with van der Waals surface area (Å²) in [5, 5.41) is 13.8. The van der Waals surface area contributed by atoms with Crippen molar-refractivity contribution in [3.8, 4) is 17.1 Å². The minimum atomic E-state index is -0.490. The van der Waals surface area contributed by atoms with Crippen molar-refractivity contribution < 1.29 is 19.5 Å². The third-order valence-corrected chi connectivity index (χ3v) is 6.84. The molecule has 1 aliphatic rings. The SMILES string of the molecule is CN(C)CCCCC(=O)c1cccc(C2=NC(=O)c3c(-c4cccc(C(=O)NCCCN(C)C)c4)[nH]c(O)c32)c1. The van der Waals surface area contributed by atoms with E-state index in [2.05, 4.69) is 25.1 Å². The van der Waals surface area contributed by atoms with E-state index < -0.39 is 5.91 Å². The summed E-state index contributed by atoms with van der Waals surface area (Å²) in [6, 6.07) is 13.9. The first-order valence-corrected chi connectivity index (χ1v) is 13.6. The third kappa shape index (κ3) is 6.73. The van der Waals surface area contributed by atoms with Crippen LogP contribution in [0.4, 0.5) is 0 Å². The molecule has 2 heterocycles. The Morgan fingerprint density at radius 2 is 1.52 bits per heavy atom. The number of ketones is 1. The van der Waals surface area contributed by atoms with Crippen LogP contribution in [-0.4, -0.2) is 91.0 Å². The molecule has 40 heavy (non-hydrogen) atoms. The fourth-order valence-corrected chi connectivity index (χ4v) is 4.78. The Balaban J connectivity index is 1.54. The lowest BCUT2D eigenvalue weighted by Gasteiger charge is -2.10. The first-order valence-electron chi connectivity index (χ1n) is 13.6. The number of aliphatic imine (C=N–C) groups is 1. The smallest absolute Gasteiger partial charge is 0.280 e. The summed E-state index contributed by atoms with van der Waals surface area (Å²) in [4.78, 5) is 49.9. The zero-order chi connectivity index (χ0) is 28.8. The van der Waals surface area contributed by atoms with Crippen molar-refractivity contribution in [2.24, 2.45) is 4.99 Å². The predicted molar refractivity (Wildman–Crippen MR) is 157 cm³/mol. The Kier molecular flexibility index (Phi) is 9.29. The molecule has 0 aliphatic carbocycles. The fraction of sp³-hybridized carbons (Fsp3) is 0.355. The molecular formula is C31H37N5O4. The molecule has 9 heteroatoms. The van der Waals surface area contributed by atoms with Gasteiger partial charge >= 0.3 is 0 Å². The number of fused-ring (bicyclic) bond motifs is 1. The maximum Gasteiger partial charge on any atom is 0.280 e. The van der Waals surface area contributed by atoms with E-state index in [1.807, 2.05) is 28.2 Å². The van der Waals surface area contributed by atoms with Gasteiger partial charge in [-0.15, -0.1) is 0 Å². The number of hydrogen-bond acceptors (Lipinski definition) is 6. The van der Waals surface area contributed by atoms with Crippen molar-refractivity contribution in [3.63, 3.8) is 0 Å². The number of aromatic amines is 1. The first-order chi connectivity index (χ1) is 19.2. The largest absolute Gasteiger partial charge is 0.494 e. The van der Waals surface area contributed by atoms with Crippen LogP contribution in [-0.2, 0) is 0 Å². The lowest BCUT2D eigenvalue weighted by Crippen LogP contribution is -2.27. The highest BCUT2D eigenvalue weighted by Crippen LogP contribution is 2.38. The summed E-state index contributed by atoms with van der Waals surface area (Å²) in [5.74, 6) is -0.856. The van der Waals surface area contributed by atoms with E-state index in [1.54, 1.807) is 48.5 Å². The number of rotatable bonds is 13. The summed E-state index contributed by atoms with van der Waals surface area (Å²) in [6.07, 6.45) is 2.99. The van der Waals surface area contributed by atoms with Crippen molar-refractivity contribution in [2.45, 2.75) is 25.7 Å². The van der Waals surface area contributed by atoms with Crippen LogP contribution in [0.25, 0.3) is 11.3 Å². The first kappa shape index (κ1) is 28.9. The summed E-state index contributed by atoms with van der Waals surface area (Å²) < 4.78 is 0. The number of nitrogens with one attached hydrogen (secondary N) is 2. The second-order valence-electron chi connectivity index (χ2n) is 10.6. The van der Waals surface area contributed by atoms with Crippen LogP contribution in [0.3, 0.4) is 0 Å². The van der Waals surface area contributed by atoms with Crippen LogP contribution < -0.4 is 5.32 Å². The normalized spacial score (nSPS) is 12.7. The molecule has 2 amide bonds. The number of H-pyrrole nitrogens is 1. The van der Waals surface area contributed by atoms with Crippen molar-refractivity contribution in [3.05, 3.63) is 76.3 Å². The second kappa shape index (κ2) is 12.8. The molecule has 3 aromatic rings. The Morgan fingerprint density at radius 3 is 2.25 bits per heavy atom. The van der Waals surface area contributed by atoms with Crippen LogP contribution in [0.15, 0.2) is 53.5 Å². The van der Waals surface area contributed by atoms with E-state index in [-0.39, 0.29) is 23.1 Å². The molecule has 210 valence electrons. The van der Waals surface area contributed by atoms with E-state index in [9.17, 15) is 19.5 Å². The predicted octanol–water partition coefficient (Wildman–Crippen LogP) is 3.97. The topological polar surface area (TPSA) is 118 Å². The maximum absolute atomic E-state index is 13.1. The molecule has 0 unspecified atom stereocenters. The lowest BCUT2D eigenvalue weighted by atomic mass is 9.97. The van der Waals surface area contributed by atoms with Crippen LogP contribution in [0.5, 0.6) is 5.88 Å². The van der Waals surface area contributed by atoms with E-state index in [4.69, 9.17) is 0 Å². The van der Waals surface area contributed by atoms with Gasteiger partial charge in [-0.2, -0.15) is 0 Å².